The SMILES string of the molecule is CC(C)c1ccc([C@](O)(c2cncc(C=O)c2)C2(C)CN(C(=O)O)C2)cc1. The molecule has 0 unspecified atom stereocenters. The predicted molar refractivity (Wildman–Crippen MR) is 101 cm³/mol. The summed E-state index contributed by atoms with van der Waals surface area (Å²) >= 11 is 0. The molecule has 0 aliphatic carbocycles. The number of aromatic nitrogens is 1. The molecule has 2 heterocycles. The van der Waals surface area contributed by atoms with Crippen LogP contribution in [0.2, 0.25) is 0 Å². The highest BCUT2D eigenvalue weighted by molar-refractivity contribution is 5.74. The maximum Gasteiger partial charge on any atom is 0.407 e. The van der Waals surface area contributed by atoms with Gasteiger partial charge < -0.3 is 15.1 Å². The molecule has 6 nitrogen and oxygen atoms in total. The number of hydrogen-bond donors (Lipinski definition) is 2. The topological polar surface area (TPSA) is 90.7 Å². The molecular formula is C21H24N2O4. The fourth-order valence-electron chi connectivity index (χ4n) is 3.85. The highest BCUT2D eigenvalue weighted by Crippen LogP contribution is 2.50. The Hall–Kier alpha value is -2.73. The molecule has 2 aromatic rings. The van der Waals surface area contributed by atoms with Crippen molar-refractivity contribution in [3.63, 3.8) is 0 Å². The van der Waals surface area contributed by atoms with Crippen LogP contribution >= 0.6 is 0 Å². The van der Waals surface area contributed by atoms with E-state index in [0.29, 0.717) is 28.9 Å². The second kappa shape index (κ2) is 6.78. The van der Waals surface area contributed by atoms with Gasteiger partial charge in [0.1, 0.15) is 5.60 Å². The van der Waals surface area contributed by atoms with Crippen LogP contribution in [0.5, 0.6) is 0 Å². The van der Waals surface area contributed by atoms with Crippen LogP contribution < -0.4 is 0 Å². The van der Waals surface area contributed by atoms with E-state index in [4.69, 9.17) is 0 Å². The molecule has 3 rings (SSSR count). The first-order chi connectivity index (χ1) is 12.7. The van der Waals surface area contributed by atoms with Gasteiger partial charge in [0.15, 0.2) is 6.29 Å². The second-order valence-electron chi connectivity index (χ2n) is 7.81. The minimum absolute atomic E-state index is 0.191. The first-order valence-corrected chi connectivity index (χ1v) is 8.92. The number of pyridine rings is 1. The number of nitrogens with zero attached hydrogens (tertiary/aromatic N) is 2. The van der Waals surface area contributed by atoms with Crippen molar-refractivity contribution >= 4 is 12.4 Å². The summed E-state index contributed by atoms with van der Waals surface area (Å²) in [5.74, 6) is 0.356. The largest absolute Gasteiger partial charge is 0.465 e. The average Bonchev–Trinajstić information content (AvgIpc) is 2.64. The second-order valence-corrected chi connectivity index (χ2v) is 7.81. The van der Waals surface area contributed by atoms with Gasteiger partial charge in [-0.15, -0.1) is 0 Å². The van der Waals surface area contributed by atoms with Crippen LogP contribution in [-0.4, -0.2) is 45.6 Å². The summed E-state index contributed by atoms with van der Waals surface area (Å²) in [7, 11) is 0. The molecule has 1 amide bonds. The molecule has 0 spiro atoms. The van der Waals surface area contributed by atoms with E-state index < -0.39 is 17.1 Å². The summed E-state index contributed by atoms with van der Waals surface area (Å²) in [6, 6.07) is 9.30. The van der Waals surface area contributed by atoms with Gasteiger partial charge >= 0.3 is 6.09 Å². The minimum Gasteiger partial charge on any atom is -0.465 e. The third-order valence-electron chi connectivity index (χ3n) is 5.53. The smallest absolute Gasteiger partial charge is 0.407 e. The van der Waals surface area contributed by atoms with Crippen molar-refractivity contribution in [3.05, 3.63) is 65.0 Å². The molecule has 27 heavy (non-hydrogen) atoms. The Kier molecular flexibility index (Phi) is 4.78. The van der Waals surface area contributed by atoms with Crippen molar-refractivity contribution in [3.8, 4) is 0 Å². The van der Waals surface area contributed by atoms with Crippen LogP contribution in [0.25, 0.3) is 0 Å². The van der Waals surface area contributed by atoms with Crippen molar-refractivity contribution < 1.29 is 19.8 Å². The summed E-state index contributed by atoms with van der Waals surface area (Å²) in [4.78, 5) is 27.8. The molecule has 1 aliphatic heterocycles. The monoisotopic (exact) mass is 368 g/mol. The van der Waals surface area contributed by atoms with Crippen molar-refractivity contribution in [2.45, 2.75) is 32.3 Å². The van der Waals surface area contributed by atoms with Crippen LogP contribution in [0.3, 0.4) is 0 Å². The van der Waals surface area contributed by atoms with Gasteiger partial charge in [-0.1, -0.05) is 45.0 Å². The van der Waals surface area contributed by atoms with Gasteiger partial charge in [0.25, 0.3) is 0 Å². The van der Waals surface area contributed by atoms with Crippen molar-refractivity contribution in [2.24, 2.45) is 5.41 Å². The Labute approximate surface area is 158 Å². The molecule has 1 atom stereocenters. The molecule has 1 fully saturated rings. The van der Waals surface area contributed by atoms with Crippen LogP contribution in [-0.2, 0) is 5.60 Å². The van der Waals surface area contributed by atoms with Crippen LogP contribution in [0.4, 0.5) is 4.79 Å². The zero-order valence-corrected chi connectivity index (χ0v) is 15.7. The molecule has 2 N–H and O–H groups in total. The molecular weight excluding hydrogens is 344 g/mol. The number of hydrogen-bond acceptors (Lipinski definition) is 4. The lowest BCUT2D eigenvalue weighted by atomic mass is 9.62. The van der Waals surface area contributed by atoms with Gasteiger partial charge in [-0.05, 0) is 23.1 Å². The highest BCUT2D eigenvalue weighted by atomic mass is 16.4. The van der Waals surface area contributed by atoms with Gasteiger partial charge in [0, 0.05) is 42.0 Å². The third kappa shape index (κ3) is 3.10. The molecule has 1 aliphatic rings. The maximum atomic E-state index is 11.9. The molecule has 142 valence electrons. The quantitative estimate of drug-likeness (QED) is 0.791. The van der Waals surface area contributed by atoms with E-state index in [0.717, 1.165) is 5.56 Å². The summed E-state index contributed by atoms with van der Waals surface area (Å²) < 4.78 is 0. The number of likely N-dealkylation sites (tertiary alicyclic amines) is 1. The van der Waals surface area contributed by atoms with Gasteiger partial charge in [0.2, 0.25) is 0 Å². The number of rotatable bonds is 5. The normalized spacial score (nSPS) is 17.9. The minimum atomic E-state index is -1.47. The van der Waals surface area contributed by atoms with E-state index in [1.165, 1.54) is 17.3 Å². The van der Waals surface area contributed by atoms with E-state index >= 15 is 0 Å². The van der Waals surface area contributed by atoms with E-state index in [2.05, 4.69) is 18.8 Å². The number of carbonyl (C=O) groups excluding carboxylic acids is 1. The number of benzene rings is 1. The Morgan fingerprint density at radius 1 is 1.22 bits per heavy atom. The van der Waals surface area contributed by atoms with Gasteiger partial charge in [-0.25, -0.2) is 4.79 Å². The van der Waals surface area contributed by atoms with Gasteiger partial charge in [-0.2, -0.15) is 0 Å². The highest BCUT2D eigenvalue weighted by Gasteiger charge is 2.57. The fraction of sp³-hybridized carbons (Fsp3) is 0.381. The summed E-state index contributed by atoms with van der Waals surface area (Å²) in [6.45, 7) is 6.43. The lowest BCUT2D eigenvalue weighted by molar-refractivity contribution is -0.124. The Balaban J connectivity index is 2.11. The molecule has 6 heteroatoms. The summed E-state index contributed by atoms with van der Waals surface area (Å²) in [6.07, 6.45) is 2.65. The zero-order valence-electron chi connectivity index (χ0n) is 15.7. The van der Waals surface area contributed by atoms with Crippen molar-refractivity contribution in [1.29, 1.82) is 0 Å². The molecule has 1 aromatic carbocycles. The number of amides is 1. The molecule has 0 bridgehead atoms. The Bertz CT molecular complexity index is 857. The molecule has 0 saturated carbocycles. The van der Waals surface area contributed by atoms with E-state index in [-0.39, 0.29) is 13.1 Å². The fourth-order valence-corrected chi connectivity index (χ4v) is 3.85. The number of carboxylic acid groups (broad SMARTS) is 1. The van der Waals surface area contributed by atoms with E-state index in [9.17, 15) is 19.8 Å². The van der Waals surface area contributed by atoms with E-state index in [1.807, 2.05) is 31.2 Å². The van der Waals surface area contributed by atoms with Gasteiger partial charge in [0.05, 0.1) is 0 Å². The molecule has 0 radical (unpaired) electrons. The summed E-state index contributed by atoms with van der Waals surface area (Å²) in [5, 5.41) is 21.1. The lowest BCUT2D eigenvalue weighted by Crippen LogP contribution is -2.66. The standard InChI is InChI=1S/C21H24N2O4/c1-14(2)16-4-6-17(7-5-16)21(27,18-8-15(11-24)9-22-10-18)20(3)12-23(13-20)19(25)26/h4-11,14,27H,12-13H2,1-3H3,(H,25,26)/t21-/m0/s1. The predicted octanol–water partition coefficient (Wildman–Crippen LogP) is 3.25. The summed E-state index contributed by atoms with van der Waals surface area (Å²) in [5.41, 5.74) is 0.435. The molecule has 1 aromatic heterocycles. The Morgan fingerprint density at radius 2 is 1.85 bits per heavy atom. The maximum absolute atomic E-state index is 11.9. The van der Waals surface area contributed by atoms with Crippen LogP contribution in [0, 0.1) is 5.41 Å². The van der Waals surface area contributed by atoms with E-state index in [1.54, 1.807) is 6.07 Å². The molecule has 1 saturated heterocycles. The van der Waals surface area contributed by atoms with Crippen LogP contribution in [0.1, 0.15) is 53.7 Å². The average molecular weight is 368 g/mol. The van der Waals surface area contributed by atoms with Crippen LogP contribution in [0.15, 0.2) is 42.7 Å². The number of aliphatic hydroxyl groups is 1. The third-order valence-corrected chi connectivity index (χ3v) is 5.53. The lowest BCUT2D eigenvalue weighted by Gasteiger charge is -2.55. The van der Waals surface area contributed by atoms with Crippen molar-refractivity contribution in [1.82, 2.24) is 9.88 Å². The number of aldehydes is 1. The first kappa shape index (κ1) is 19.0. The first-order valence-electron chi connectivity index (χ1n) is 8.92. The number of carbonyl (C=O) groups is 2. The van der Waals surface area contributed by atoms with Crippen molar-refractivity contribution in [2.75, 3.05) is 13.1 Å². The Morgan fingerprint density at radius 3 is 2.37 bits per heavy atom. The van der Waals surface area contributed by atoms with Gasteiger partial charge in [-0.3, -0.25) is 9.78 Å². The zero-order chi connectivity index (χ0) is 19.8.